The van der Waals surface area contributed by atoms with Crippen molar-refractivity contribution in [2.24, 2.45) is 0 Å². The van der Waals surface area contributed by atoms with Crippen LogP contribution in [0.25, 0.3) is 21.8 Å². The minimum Gasteiger partial charge on any atom is -0.338 e. The first kappa shape index (κ1) is 15.5. The molecule has 4 aromatic rings. The number of hydrogen-bond donors (Lipinski definition) is 2. The van der Waals surface area contributed by atoms with E-state index in [0.29, 0.717) is 27.9 Å². The van der Waals surface area contributed by atoms with Gasteiger partial charge in [-0.15, -0.1) is 0 Å². The van der Waals surface area contributed by atoms with Crippen molar-refractivity contribution in [3.8, 4) is 0 Å². The number of aromatic nitrogens is 3. The van der Waals surface area contributed by atoms with Gasteiger partial charge in [0, 0.05) is 22.7 Å². The highest BCUT2D eigenvalue weighted by molar-refractivity contribution is 7.90. The number of H-pyrrole nitrogens is 1. The van der Waals surface area contributed by atoms with Crippen LogP contribution >= 0.6 is 0 Å². The van der Waals surface area contributed by atoms with E-state index in [1.165, 1.54) is 18.2 Å². The molecule has 0 unspecified atom stereocenters. The second-order valence-corrected chi connectivity index (χ2v) is 7.72. The number of rotatable bonds is 3. The first-order chi connectivity index (χ1) is 11.9. The van der Waals surface area contributed by atoms with Crippen LogP contribution in [0.1, 0.15) is 0 Å². The number of aromatic amines is 1. The van der Waals surface area contributed by atoms with Crippen molar-refractivity contribution >= 4 is 43.1 Å². The third-order valence-corrected chi connectivity index (χ3v) is 4.99. The minimum absolute atomic E-state index is 0.218. The van der Waals surface area contributed by atoms with E-state index in [2.05, 4.69) is 20.5 Å². The lowest BCUT2D eigenvalue weighted by molar-refractivity contribution is 0.602. The van der Waals surface area contributed by atoms with E-state index < -0.39 is 9.84 Å². The lowest BCUT2D eigenvalue weighted by Crippen LogP contribution is -1.99. The Balaban J connectivity index is 1.92. The van der Waals surface area contributed by atoms with Crippen LogP contribution in [0, 0.1) is 5.82 Å². The van der Waals surface area contributed by atoms with E-state index in [9.17, 15) is 12.8 Å². The summed E-state index contributed by atoms with van der Waals surface area (Å²) in [5.74, 6) is 0.127. The lowest BCUT2D eigenvalue weighted by Gasteiger charge is -2.09. The molecule has 0 amide bonds. The summed E-state index contributed by atoms with van der Waals surface area (Å²) in [6.07, 6.45) is 2.77. The summed E-state index contributed by atoms with van der Waals surface area (Å²) < 4.78 is 37.0. The number of anilines is 2. The maximum atomic E-state index is 13.4. The van der Waals surface area contributed by atoms with Crippen molar-refractivity contribution in [2.45, 2.75) is 4.90 Å². The van der Waals surface area contributed by atoms with Crippen molar-refractivity contribution < 1.29 is 12.8 Å². The molecule has 126 valence electrons. The molecule has 0 aliphatic carbocycles. The fourth-order valence-corrected chi connectivity index (χ4v) is 3.35. The number of fused-ring (bicyclic) bond motifs is 3. The normalized spacial score (nSPS) is 11.9. The van der Waals surface area contributed by atoms with Crippen molar-refractivity contribution in [3.05, 3.63) is 54.5 Å². The van der Waals surface area contributed by atoms with E-state index in [0.717, 1.165) is 11.6 Å². The van der Waals surface area contributed by atoms with E-state index in [4.69, 9.17) is 0 Å². The Labute approximate surface area is 142 Å². The molecule has 0 aliphatic heterocycles. The van der Waals surface area contributed by atoms with Gasteiger partial charge in [-0.1, -0.05) is 6.07 Å². The number of halogens is 1. The Bertz CT molecular complexity index is 1220. The van der Waals surface area contributed by atoms with Gasteiger partial charge < -0.3 is 5.32 Å². The van der Waals surface area contributed by atoms with Crippen LogP contribution in [0.5, 0.6) is 0 Å². The second-order valence-electron chi connectivity index (χ2n) is 5.71. The highest BCUT2D eigenvalue weighted by Crippen LogP contribution is 2.31. The molecule has 25 heavy (non-hydrogen) atoms. The third-order valence-electron chi connectivity index (χ3n) is 3.88. The molecule has 2 aromatic heterocycles. The van der Waals surface area contributed by atoms with Crippen LogP contribution in [0.4, 0.5) is 15.9 Å². The van der Waals surface area contributed by atoms with Crippen LogP contribution in [0.2, 0.25) is 0 Å². The van der Waals surface area contributed by atoms with Gasteiger partial charge in [0.15, 0.2) is 15.7 Å². The topological polar surface area (TPSA) is 87.7 Å². The zero-order chi connectivity index (χ0) is 17.6. The predicted molar refractivity (Wildman–Crippen MR) is 94.2 cm³/mol. The van der Waals surface area contributed by atoms with E-state index >= 15 is 0 Å². The summed E-state index contributed by atoms with van der Waals surface area (Å²) in [6, 6.07) is 10.8. The molecule has 0 atom stereocenters. The zero-order valence-electron chi connectivity index (χ0n) is 13.1. The van der Waals surface area contributed by atoms with Crippen LogP contribution in [-0.2, 0) is 9.84 Å². The van der Waals surface area contributed by atoms with Gasteiger partial charge in [0.25, 0.3) is 0 Å². The molecule has 6 nitrogen and oxygen atoms in total. The molecular weight excluding hydrogens is 343 g/mol. The molecule has 0 saturated heterocycles. The number of sulfone groups is 1. The summed E-state index contributed by atoms with van der Waals surface area (Å²) in [7, 11) is -3.33. The monoisotopic (exact) mass is 356 g/mol. The van der Waals surface area contributed by atoms with Crippen LogP contribution < -0.4 is 5.32 Å². The molecule has 0 aliphatic rings. The number of hydrogen-bond acceptors (Lipinski definition) is 5. The van der Waals surface area contributed by atoms with Gasteiger partial charge in [-0.3, -0.25) is 5.10 Å². The summed E-state index contributed by atoms with van der Waals surface area (Å²) in [5, 5.41) is 11.4. The predicted octanol–water partition coefficient (Wildman–Crippen LogP) is 3.40. The van der Waals surface area contributed by atoms with Gasteiger partial charge in [-0.2, -0.15) is 5.10 Å². The fourth-order valence-electron chi connectivity index (χ4n) is 2.70. The first-order valence-electron chi connectivity index (χ1n) is 7.41. The average Bonchev–Trinajstić information content (AvgIpc) is 3.04. The van der Waals surface area contributed by atoms with Crippen molar-refractivity contribution in [3.63, 3.8) is 0 Å². The van der Waals surface area contributed by atoms with Gasteiger partial charge >= 0.3 is 0 Å². The molecular formula is C17H13FN4O2S. The number of nitrogens with zero attached hydrogens (tertiary/aromatic N) is 2. The second kappa shape index (κ2) is 5.52. The van der Waals surface area contributed by atoms with E-state index in [1.807, 2.05) is 0 Å². The first-order valence-corrected chi connectivity index (χ1v) is 9.30. The SMILES string of the molecule is CS(=O)(=O)c1ccc2nc(Nc3cccc(F)c3)c3[nH]ncc3c2c1. The Morgan fingerprint density at radius 3 is 2.72 bits per heavy atom. The molecule has 2 aromatic carbocycles. The standard InChI is InChI=1S/C17H13FN4O2S/c1-25(23,24)12-5-6-15-13(8-12)14-9-19-22-16(14)17(21-15)20-11-4-2-3-10(18)7-11/h2-9H,1H3,(H,19,22)(H,20,21). The minimum atomic E-state index is -3.33. The van der Waals surface area contributed by atoms with E-state index in [-0.39, 0.29) is 10.7 Å². The van der Waals surface area contributed by atoms with Gasteiger partial charge in [-0.05, 0) is 36.4 Å². The highest BCUT2D eigenvalue weighted by Gasteiger charge is 2.14. The van der Waals surface area contributed by atoms with E-state index in [1.54, 1.807) is 30.5 Å². The van der Waals surface area contributed by atoms with Crippen LogP contribution in [0.15, 0.2) is 53.6 Å². The number of pyridine rings is 1. The number of benzene rings is 2. The Kier molecular flexibility index (Phi) is 3.43. The van der Waals surface area contributed by atoms with Gasteiger partial charge in [0.1, 0.15) is 11.3 Å². The summed E-state index contributed by atoms with van der Waals surface area (Å²) in [5.41, 5.74) is 1.78. The van der Waals surface area contributed by atoms with Crippen molar-refractivity contribution in [1.82, 2.24) is 15.2 Å². The maximum Gasteiger partial charge on any atom is 0.175 e. The molecule has 8 heteroatoms. The van der Waals surface area contributed by atoms with Crippen LogP contribution in [-0.4, -0.2) is 29.9 Å². The molecule has 2 heterocycles. The van der Waals surface area contributed by atoms with Crippen molar-refractivity contribution in [1.29, 1.82) is 0 Å². The molecule has 2 N–H and O–H groups in total. The van der Waals surface area contributed by atoms with Gasteiger partial charge in [0.2, 0.25) is 0 Å². The summed E-state index contributed by atoms with van der Waals surface area (Å²) in [6.45, 7) is 0. The Morgan fingerprint density at radius 1 is 1.12 bits per heavy atom. The fraction of sp³-hybridized carbons (Fsp3) is 0.0588. The average molecular weight is 356 g/mol. The van der Waals surface area contributed by atoms with Gasteiger partial charge in [-0.25, -0.2) is 17.8 Å². The van der Waals surface area contributed by atoms with Crippen molar-refractivity contribution in [2.75, 3.05) is 11.6 Å². The largest absolute Gasteiger partial charge is 0.338 e. The Morgan fingerprint density at radius 2 is 1.96 bits per heavy atom. The smallest absolute Gasteiger partial charge is 0.175 e. The molecule has 4 rings (SSSR count). The molecule has 0 saturated carbocycles. The Hall–Kier alpha value is -3.00. The molecule has 0 radical (unpaired) electrons. The van der Waals surface area contributed by atoms with Crippen LogP contribution in [0.3, 0.4) is 0 Å². The third kappa shape index (κ3) is 2.80. The van der Waals surface area contributed by atoms with Gasteiger partial charge in [0.05, 0.1) is 16.6 Å². The highest BCUT2D eigenvalue weighted by atomic mass is 32.2. The summed E-state index contributed by atoms with van der Waals surface area (Å²) >= 11 is 0. The molecule has 0 fully saturated rings. The maximum absolute atomic E-state index is 13.4. The zero-order valence-corrected chi connectivity index (χ0v) is 13.9. The summed E-state index contributed by atoms with van der Waals surface area (Å²) in [4.78, 5) is 4.74. The molecule has 0 spiro atoms. The number of nitrogens with one attached hydrogen (secondary N) is 2. The quantitative estimate of drug-likeness (QED) is 0.587. The lowest BCUT2D eigenvalue weighted by atomic mass is 10.1. The molecule has 0 bridgehead atoms.